The van der Waals surface area contributed by atoms with E-state index < -0.39 is 0 Å². The molecule has 0 aromatic heterocycles. The molecule has 0 atom stereocenters. The summed E-state index contributed by atoms with van der Waals surface area (Å²) in [5.74, 6) is 13.1. The molecule has 0 aromatic carbocycles. The van der Waals surface area contributed by atoms with E-state index >= 15 is 0 Å². The van der Waals surface area contributed by atoms with E-state index in [9.17, 15) is 0 Å². The van der Waals surface area contributed by atoms with Gasteiger partial charge in [-0.2, -0.15) is 0 Å². The van der Waals surface area contributed by atoms with Gasteiger partial charge in [0.05, 0.1) is 0 Å². The highest BCUT2D eigenvalue weighted by molar-refractivity contribution is 5.09. The molecule has 0 aliphatic heterocycles. The molecule has 0 N–H and O–H groups in total. The van der Waals surface area contributed by atoms with Crippen molar-refractivity contribution in [3.8, 4) is 11.8 Å². The lowest BCUT2D eigenvalue weighted by atomic mass is 9.68. The van der Waals surface area contributed by atoms with Crippen LogP contribution < -0.4 is 0 Å². The third-order valence-corrected chi connectivity index (χ3v) is 8.96. The molecule has 0 aromatic rings. The fourth-order valence-electron chi connectivity index (χ4n) is 6.67. The Bertz CT molecular complexity index is 470. The first-order chi connectivity index (χ1) is 14.3. The third kappa shape index (κ3) is 7.96. The van der Waals surface area contributed by atoms with Crippen LogP contribution in [-0.4, -0.2) is 0 Å². The van der Waals surface area contributed by atoms with Crippen molar-refractivity contribution in [2.45, 2.75) is 136 Å². The van der Waals surface area contributed by atoms with Crippen molar-refractivity contribution in [2.24, 2.45) is 35.5 Å². The van der Waals surface area contributed by atoms with Gasteiger partial charge in [0.1, 0.15) is 0 Å². The summed E-state index contributed by atoms with van der Waals surface area (Å²) < 4.78 is 0. The zero-order valence-electron chi connectivity index (χ0n) is 19.9. The lowest BCUT2D eigenvalue weighted by Crippen LogP contribution is -2.25. The second kappa shape index (κ2) is 13.1. The molecule has 166 valence electrons. The number of hydrogen-bond donors (Lipinski definition) is 0. The molecular formula is C29H50. The molecule has 3 saturated carbocycles. The van der Waals surface area contributed by atoms with Crippen LogP contribution in [0.25, 0.3) is 0 Å². The van der Waals surface area contributed by atoms with Crippen molar-refractivity contribution in [1.29, 1.82) is 0 Å². The molecule has 3 aliphatic carbocycles. The minimum absolute atomic E-state index is 0.729. The van der Waals surface area contributed by atoms with E-state index in [-0.39, 0.29) is 0 Å². The number of hydrogen-bond acceptors (Lipinski definition) is 0. The molecule has 0 amide bonds. The predicted molar refractivity (Wildman–Crippen MR) is 128 cm³/mol. The topological polar surface area (TPSA) is 0 Å². The van der Waals surface area contributed by atoms with Gasteiger partial charge >= 0.3 is 0 Å². The molecule has 3 rings (SSSR count). The van der Waals surface area contributed by atoms with E-state index in [0.29, 0.717) is 0 Å². The molecule has 0 unspecified atom stereocenters. The van der Waals surface area contributed by atoms with Crippen LogP contribution in [0.15, 0.2) is 0 Å². The second-order valence-corrected chi connectivity index (χ2v) is 11.0. The molecule has 3 aliphatic rings. The summed E-state index contributed by atoms with van der Waals surface area (Å²) in [6, 6.07) is 0. The van der Waals surface area contributed by atoms with Crippen molar-refractivity contribution in [1.82, 2.24) is 0 Å². The molecule has 0 radical (unpaired) electrons. The minimum atomic E-state index is 0.729. The van der Waals surface area contributed by atoms with Gasteiger partial charge in [0.25, 0.3) is 0 Å². The van der Waals surface area contributed by atoms with Gasteiger partial charge in [-0.3, -0.25) is 0 Å². The van der Waals surface area contributed by atoms with Crippen molar-refractivity contribution in [3.05, 3.63) is 0 Å². The summed E-state index contributed by atoms with van der Waals surface area (Å²) >= 11 is 0. The van der Waals surface area contributed by atoms with Gasteiger partial charge in [-0.1, -0.05) is 83.5 Å². The Labute approximate surface area is 183 Å². The van der Waals surface area contributed by atoms with Gasteiger partial charge in [-0.15, -0.1) is 0 Å². The first kappa shape index (κ1) is 23.2. The molecule has 0 nitrogen and oxygen atoms in total. The maximum Gasteiger partial charge on any atom is 0.0203 e. The zero-order valence-corrected chi connectivity index (χ0v) is 19.9. The summed E-state index contributed by atoms with van der Waals surface area (Å²) in [6.45, 7) is 4.68. The summed E-state index contributed by atoms with van der Waals surface area (Å²) in [5.41, 5.74) is 0. The monoisotopic (exact) mass is 398 g/mol. The van der Waals surface area contributed by atoms with Crippen LogP contribution in [-0.2, 0) is 0 Å². The van der Waals surface area contributed by atoms with Gasteiger partial charge in [0, 0.05) is 11.8 Å². The van der Waals surface area contributed by atoms with Gasteiger partial charge < -0.3 is 0 Å². The highest BCUT2D eigenvalue weighted by atomic mass is 14.4. The van der Waals surface area contributed by atoms with Crippen LogP contribution in [0.4, 0.5) is 0 Å². The summed E-state index contributed by atoms with van der Waals surface area (Å²) in [4.78, 5) is 0. The van der Waals surface area contributed by atoms with Crippen molar-refractivity contribution in [2.75, 3.05) is 0 Å². The SMILES string of the molecule is CCCCCCCC1CCC(C2CCC(C#CC3CCC(CC)CC3)CC2)CC1. The van der Waals surface area contributed by atoms with Crippen LogP contribution in [0.2, 0.25) is 0 Å². The zero-order chi connectivity index (χ0) is 20.3. The van der Waals surface area contributed by atoms with E-state index in [1.54, 1.807) is 25.7 Å². The van der Waals surface area contributed by atoms with Crippen molar-refractivity contribution < 1.29 is 0 Å². The molecule has 29 heavy (non-hydrogen) atoms. The first-order valence-electron chi connectivity index (χ1n) is 13.8. The highest BCUT2D eigenvalue weighted by Gasteiger charge is 2.30. The van der Waals surface area contributed by atoms with Crippen LogP contribution >= 0.6 is 0 Å². The Hall–Kier alpha value is -0.440. The van der Waals surface area contributed by atoms with E-state index in [1.807, 2.05) is 0 Å². The van der Waals surface area contributed by atoms with Crippen molar-refractivity contribution in [3.63, 3.8) is 0 Å². The average Bonchev–Trinajstić information content (AvgIpc) is 2.79. The predicted octanol–water partition coefficient (Wildman–Crippen LogP) is 9.18. The van der Waals surface area contributed by atoms with E-state index in [2.05, 4.69) is 25.7 Å². The quantitative estimate of drug-likeness (QED) is 0.282. The Kier molecular flexibility index (Phi) is 10.5. The smallest absolute Gasteiger partial charge is 0.0203 e. The molecule has 0 spiro atoms. The largest absolute Gasteiger partial charge is 0.0996 e. The number of unbranched alkanes of at least 4 members (excludes halogenated alkanes) is 4. The first-order valence-corrected chi connectivity index (χ1v) is 13.8. The molecular weight excluding hydrogens is 348 g/mol. The van der Waals surface area contributed by atoms with Gasteiger partial charge in [0.15, 0.2) is 0 Å². The maximum atomic E-state index is 3.74. The van der Waals surface area contributed by atoms with Gasteiger partial charge in [0.2, 0.25) is 0 Å². The molecule has 0 heterocycles. The van der Waals surface area contributed by atoms with E-state index in [4.69, 9.17) is 0 Å². The number of rotatable bonds is 8. The van der Waals surface area contributed by atoms with Crippen LogP contribution in [0.1, 0.15) is 136 Å². The van der Waals surface area contributed by atoms with Crippen LogP contribution in [0, 0.1) is 47.3 Å². The highest BCUT2D eigenvalue weighted by Crippen LogP contribution is 2.42. The molecule has 3 fully saturated rings. The Morgan fingerprint density at radius 1 is 0.517 bits per heavy atom. The lowest BCUT2D eigenvalue weighted by Gasteiger charge is -2.37. The fraction of sp³-hybridized carbons (Fsp3) is 0.931. The Morgan fingerprint density at radius 2 is 1.00 bits per heavy atom. The third-order valence-electron chi connectivity index (χ3n) is 8.96. The molecule has 0 saturated heterocycles. The normalized spacial score (nSPS) is 35.7. The van der Waals surface area contributed by atoms with Crippen LogP contribution in [0.5, 0.6) is 0 Å². The van der Waals surface area contributed by atoms with Crippen molar-refractivity contribution >= 4 is 0 Å². The second-order valence-electron chi connectivity index (χ2n) is 11.0. The molecule has 0 heteroatoms. The summed E-state index contributed by atoms with van der Waals surface area (Å²) in [6.07, 6.45) is 27.7. The fourth-order valence-corrected chi connectivity index (χ4v) is 6.67. The average molecular weight is 399 g/mol. The standard InChI is InChI=1S/C29H50/c1-3-5-6-7-8-9-25-16-20-28(21-17-25)29-22-18-27(19-23-29)15-14-26-12-10-24(4-2)11-13-26/h24-29H,3-13,16-23H2,1-2H3. The maximum absolute atomic E-state index is 3.74. The van der Waals surface area contributed by atoms with Crippen LogP contribution in [0.3, 0.4) is 0 Å². The van der Waals surface area contributed by atoms with E-state index in [1.165, 1.54) is 96.3 Å². The summed E-state index contributed by atoms with van der Waals surface area (Å²) in [5, 5.41) is 0. The molecule has 0 bridgehead atoms. The summed E-state index contributed by atoms with van der Waals surface area (Å²) in [7, 11) is 0. The Balaban J connectivity index is 1.28. The van der Waals surface area contributed by atoms with Gasteiger partial charge in [-0.25, -0.2) is 0 Å². The lowest BCUT2D eigenvalue weighted by molar-refractivity contribution is 0.153. The minimum Gasteiger partial charge on any atom is -0.0996 e. The van der Waals surface area contributed by atoms with Gasteiger partial charge in [-0.05, 0) is 87.9 Å². The Morgan fingerprint density at radius 3 is 1.55 bits per heavy atom. The van der Waals surface area contributed by atoms with E-state index in [0.717, 1.165) is 35.5 Å².